The lowest BCUT2D eigenvalue weighted by Gasteiger charge is -2.35. The molecule has 7 heteroatoms. The number of halogens is 2. The van der Waals surface area contributed by atoms with Crippen molar-refractivity contribution in [1.29, 1.82) is 0 Å². The van der Waals surface area contributed by atoms with Crippen molar-refractivity contribution in [3.8, 4) is 11.3 Å². The highest BCUT2D eigenvalue weighted by Crippen LogP contribution is 2.33. The second-order valence-electron chi connectivity index (χ2n) is 6.77. The van der Waals surface area contributed by atoms with E-state index < -0.39 is 11.6 Å². The van der Waals surface area contributed by atoms with Crippen molar-refractivity contribution in [2.75, 3.05) is 6.54 Å². The summed E-state index contributed by atoms with van der Waals surface area (Å²) in [5.74, 6) is -0.129. The molecule has 5 nitrogen and oxygen atoms in total. The zero-order valence-electron chi connectivity index (χ0n) is 14.6. The van der Waals surface area contributed by atoms with E-state index in [0.29, 0.717) is 17.8 Å². The first kappa shape index (κ1) is 16.9. The number of rotatable bonds is 4. The summed E-state index contributed by atoms with van der Waals surface area (Å²) < 4.78 is 29.5. The fourth-order valence-corrected chi connectivity index (χ4v) is 3.75. The minimum atomic E-state index is -0.588. The number of benzene rings is 1. The third kappa shape index (κ3) is 3.14. The Morgan fingerprint density at radius 2 is 2.15 bits per heavy atom. The van der Waals surface area contributed by atoms with Crippen molar-refractivity contribution >= 4 is 0 Å². The molecule has 136 valence electrons. The Hall–Kier alpha value is -2.54. The summed E-state index contributed by atoms with van der Waals surface area (Å²) in [6, 6.07) is 3.84. The van der Waals surface area contributed by atoms with Gasteiger partial charge in [-0.2, -0.15) is 5.10 Å². The van der Waals surface area contributed by atoms with Gasteiger partial charge in [-0.1, -0.05) is 6.42 Å². The SMILES string of the molecule is Cn1ccnc1C1CCCCN1Cc1cn[nH]c1-c1ccc(F)cc1F. The molecule has 1 fully saturated rings. The molecule has 0 spiro atoms. The topological polar surface area (TPSA) is 49.7 Å². The molecule has 1 aliphatic rings. The van der Waals surface area contributed by atoms with Gasteiger partial charge in [0.1, 0.15) is 17.5 Å². The summed E-state index contributed by atoms with van der Waals surface area (Å²) in [6.07, 6.45) is 8.83. The van der Waals surface area contributed by atoms with Crippen molar-refractivity contribution < 1.29 is 8.78 Å². The molecular formula is C19H21F2N5. The molecule has 26 heavy (non-hydrogen) atoms. The smallest absolute Gasteiger partial charge is 0.135 e. The lowest BCUT2D eigenvalue weighted by Crippen LogP contribution is -2.34. The van der Waals surface area contributed by atoms with Crippen LogP contribution in [0.1, 0.15) is 36.7 Å². The number of likely N-dealkylation sites (tertiary alicyclic amines) is 1. The van der Waals surface area contributed by atoms with E-state index in [-0.39, 0.29) is 6.04 Å². The quantitative estimate of drug-likeness (QED) is 0.772. The standard InChI is InChI=1S/C19H21F2N5/c1-25-9-7-22-19(25)17-4-2-3-8-26(17)12-13-11-23-24-18(13)15-6-5-14(20)10-16(15)21/h5-7,9-11,17H,2-4,8,12H2,1H3,(H,23,24). The summed E-state index contributed by atoms with van der Waals surface area (Å²) in [6.45, 7) is 1.59. The van der Waals surface area contributed by atoms with E-state index in [0.717, 1.165) is 36.8 Å². The molecule has 4 rings (SSSR count). The minimum absolute atomic E-state index is 0.226. The van der Waals surface area contributed by atoms with Gasteiger partial charge in [0.15, 0.2) is 0 Å². The van der Waals surface area contributed by atoms with E-state index in [2.05, 4.69) is 24.6 Å². The molecule has 0 bridgehead atoms. The number of hydrogen-bond acceptors (Lipinski definition) is 3. The molecule has 2 aromatic heterocycles. The summed E-state index contributed by atoms with van der Waals surface area (Å²) in [4.78, 5) is 6.88. The van der Waals surface area contributed by atoms with Gasteiger partial charge in [-0.25, -0.2) is 13.8 Å². The van der Waals surface area contributed by atoms with Crippen LogP contribution in [0.25, 0.3) is 11.3 Å². The molecule has 1 saturated heterocycles. The summed E-state index contributed by atoms with van der Waals surface area (Å²) in [7, 11) is 2.01. The van der Waals surface area contributed by atoms with E-state index in [4.69, 9.17) is 0 Å². The number of imidazole rings is 1. The number of aromatic amines is 1. The second kappa shape index (κ2) is 6.99. The normalized spacial score (nSPS) is 18.3. The monoisotopic (exact) mass is 357 g/mol. The maximum Gasteiger partial charge on any atom is 0.135 e. The van der Waals surface area contributed by atoms with Crippen LogP contribution in [0.4, 0.5) is 8.78 Å². The van der Waals surface area contributed by atoms with Crippen LogP contribution in [0, 0.1) is 11.6 Å². The Balaban J connectivity index is 1.63. The molecule has 1 aromatic carbocycles. The van der Waals surface area contributed by atoms with E-state index in [1.54, 1.807) is 6.20 Å². The Bertz CT molecular complexity index is 901. The fourth-order valence-electron chi connectivity index (χ4n) is 3.75. The highest BCUT2D eigenvalue weighted by molar-refractivity contribution is 5.63. The fraction of sp³-hybridized carbons (Fsp3) is 0.368. The summed E-state index contributed by atoms with van der Waals surface area (Å²) in [5, 5.41) is 6.97. The highest BCUT2D eigenvalue weighted by Gasteiger charge is 2.28. The third-order valence-electron chi connectivity index (χ3n) is 5.06. The predicted molar refractivity (Wildman–Crippen MR) is 94.1 cm³/mol. The molecule has 0 aliphatic carbocycles. The molecule has 1 atom stereocenters. The molecule has 1 N–H and O–H groups in total. The molecular weight excluding hydrogens is 336 g/mol. The highest BCUT2D eigenvalue weighted by atomic mass is 19.1. The zero-order chi connectivity index (χ0) is 18.1. The predicted octanol–water partition coefficient (Wildman–Crippen LogP) is 3.82. The van der Waals surface area contributed by atoms with Gasteiger partial charge in [-0.05, 0) is 31.5 Å². The number of aromatic nitrogens is 4. The van der Waals surface area contributed by atoms with Crippen LogP contribution in [-0.4, -0.2) is 31.2 Å². The first-order valence-corrected chi connectivity index (χ1v) is 8.82. The van der Waals surface area contributed by atoms with Crippen molar-refractivity contribution in [2.45, 2.75) is 31.8 Å². The van der Waals surface area contributed by atoms with Gasteiger partial charge in [0.25, 0.3) is 0 Å². The van der Waals surface area contributed by atoms with Crippen molar-refractivity contribution in [1.82, 2.24) is 24.6 Å². The Labute approximate surface area is 150 Å². The van der Waals surface area contributed by atoms with E-state index in [9.17, 15) is 8.78 Å². The maximum atomic E-state index is 14.2. The Morgan fingerprint density at radius 3 is 2.92 bits per heavy atom. The molecule has 1 aliphatic heterocycles. The van der Waals surface area contributed by atoms with Gasteiger partial charge in [-0.15, -0.1) is 0 Å². The molecule has 0 saturated carbocycles. The lowest BCUT2D eigenvalue weighted by atomic mass is 9.99. The Morgan fingerprint density at radius 1 is 1.27 bits per heavy atom. The van der Waals surface area contributed by atoms with Gasteiger partial charge in [0.2, 0.25) is 0 Å². The van der Waals surface area contributed by atoms with E-state index in [1.807, 2.05) is 19.4 Å². The number of nitrogens with zero attached hydrogens (tertiary/aromatic N) is 4. The van der Waals surface area contributed by atoms with Gasteiger partial charge < -0.3 is 4.57 Å². The van der Waals surface area contributed by atoms with Crippen LogP contribution in [-0.2, 0) is 13.6 Å². The van der Waals surface area contributed by atoms with Crippen molar-refractivity contribution in [2.24, 2.45) is 7.05 Å². The zero-order valence-corrected chi connectivity index (χ0v) is 14.6. The maximum absolute atomic E-state index is 14.2. The average molecular weight is 357 g/mol. The summed E-state index contributed by atoms with van der Waals surface area (Å²) in [5.41, 5.74) is 1.84. The van der Waals surface area contributed by atoms with Crippen molar-refractivity contribution in [3.63, 3.8) is 0 Å². The first-order chi connectivity index (χ1) is 12.6. The van der Waals surface area contributed by atoms with Gasteiger partial charge in [0.05, 0.1) is 17.9 Å². The van der Waals surface area contributed by atoms with Crippen LogP contribution < -0.4 is 0 Å². The Kier molecular flexibility index (Phi) is 4.55. The van der Waals surface area contributed by atoms with Crippen LogP contribution >= 0.6 is 0 Å². The molecule has 3 heterocycles. The number of nitrogens with one attached hydrogen (secondary N) is 1. The van der Waals surface area contributed by atoms with Crippen LogP contribution in [0.5, 0.6) is 0 Å². The van der Waals surface area contributed by atoms with Crippen LogP contribution in [0.2, 0.25) is 0 Å². The van der Waals surface area contributed by atoms with E-state index in [1.165, 1.54) is 18.6 Å². The van der Waals surface area contributed by atoms with Gasteiger partial charge in [0, 0.05) is 43.2 Å². The van der Waals surface area contributed by atoms with E-state index >= 15 is 0 Å². The van der Waals surface area contributed by atoms with Gasteiger partial charge >= 0.3 is 0 Å². The molecule has 3 aromatic rings. The first-order valence-electron chi connectivity index (χ1n) is 8.82. The number of aryl methyl sites for hydroxylation is 1. The van der Waals surface area contributed by atoms with Crippen LogP contribution in [0.3, 0.4) is 0 Å². The largest absolute Gasteiger partial charge is 0.337 e. The molecule has 1 unspecified atom stereocenters. The molecule has 0 amide bonds. The van der Waals surface area contributed by atoms with Crippen molar-refractivity contribution in [3.05, 3.63) is 59.8 Å². The third-order valence-corrected chi connectivity index (χ3v) is 5.06. The average Bonchev–Trinajstić information content (AvgIpc) is 3.25. The van der Waals surface area contributed by atoms with Crippen LogP contribution in [0.15, 0.2) is 36.8 Å². The summed E-state index contributed by atoms with van der Waals surface area (Å²) >= 11 is 0. The number of H-pyrrole nitrogens is 1. The number of hydrogen-bond donors (Lipinski definition) is 1. The van der Waals surface area contributed by atoms with Gasteiger partial charge in [-0.3, -0.25) is 10.00 Å². The second-order valence-corrected chi connectivity index (χ2v) is 6.77. The number of piperidine rings is 1. The lowest BCUT2D eigenvalue weighted by molar-refractivity contribution is 0.132. The molecule has 0 radical (unpaired) electrons. The minimum Gasteiger partial charge on any atom is -0.337 e.